The molecule has 0 N–H and O–H groups in total. The van der Waals surface area contributed by atoms with Crippen LogP contribution in [-0.2, 0) is 4.79 Å². The molecule has 0 saturated carbocycles. The number of ketones is 1. The maximum absolute atomic E-state index is 12.7. The van der Waals surface area contributed by atoms with Crippen LogP contribution in [0.3, 0.4) is 0 Å². The summed E-state index contributed by atoms with van der Waals surface area (Å²) in [7, 11) is 3.19. The third kappa shape index (κ3) is 3.78. The van der Waals surface area contributed by atoms with E-state index in [1.807, 2.05) is 48.5 Å². The summed E-state index contributed by atoms with van der Waals surface area (Å²) < 4.78 is 10.7. The molecule has 1 unspecified atom stereocenters. The number of carbonyl (C=O) groups excluding carboxylic acids is 2. The van der Waals surface area contributed by atoms with Crippen molar-refractivity contribution >= 4 is 29.1 Å². The normalized spacial score (nSPS) is 15.9. The molecule has 1 amide bonds. The zero-order chi connectivity index (χ0) is 21.1. The third-order valence-corrected chi connectivity index (χ3v) is 6.22. The van der Waals surface area contributed by atoms with Crippen LogP contribution in [0.2, 0.25) is 0 Å². The van der Waals surface area contributed by atoms with Gasteiger partial charge in [0.1, 0.15) is 5.37 Å². The van der Waals surface area contributed by atoms with Gasteiger partial charge in [-0.1, -0.05) is 36.4 Å². The quantitative estimate of drug-likeness (QED) is 0.542. The molecular weight excluding hydrogens is 398 g/mol. The van der Waals surface area contributed by atoms with Crippen LogP contribution in [0.15, 0.2) is 72.8 Å². The molecule has 1 heterocycles. The lowest BCUT2D eigenvalue weighted by molar-refractivity contribution is -0.115. The van der Waals surface area contributed by atoms with Crippen LogP contribution in [-0.4, -0.2) is 31.7 Å². The monoisotopic (exact) mass is 419 g/mol. The summed E-state index contributed by atoms with van der Waals surface area (Å²) in [5.74, 6) is 1.65. The van der Waals surface area contributed by atoms with Gasteiger partial charge in [-0.2, -0.15) is 0 Å². The summed E-state index contributed by atoms with van der Waals surface area (Å²) in [4.78, 5) is 27.1. The molecule has 0 aromatic heterocycles. The molecule has 0 bridgehead atoms. The number of anilines is 1. The Morgan fingerprint density at radius 3 is 2.23 bits per heavy atom. The van der Waals surface area contributed by atoms with Crippen LogP contribution in [0.1, 0.15) is 26.9 Å². The van der Waals surface area contributed by atoms with Crippen molar-refractivity contribution in [3.8, 4) is 11.5 Å². The van der Waals surface area contributed by atoms with Gasteiger partial charge in [-0.15, -0.1) is 11.8 Å². The second-order valence-electron chi connectivity index (χ2n) is 6.78. The first kappa shape index (κ1) is 20.0. The molecule has 1 aliphatic heterocycles. The molecule has 1 aliphatic rings. The Kier molecular flexibility index (Phi) is 5.77. The van der Waals surface area contributed by atoms with Gasteiger partial charge in [0.25, 0.3) is 0 Å². The molecule has 0 radical (unpaired) electrons. The van der Waals surface area contributed by atoms with E-state index >= 15 is 0 Å². The van der Waals surface area contributed by atoms with E-state index in [2.05, 4.69) is 0 Å². The predicted octanol–water partition coefficient (Wildman–Crippen LogP) is 4.71. The molecule has 152 valence electrons. The van der Waals surface area contributed by atoms with Crippen LogP contribution in [0.5, 0.6) is 11.5 Å². The maximum Gasteiger partial charge on any atom is 0.238 e. The number of carbonyl (C=O) groups is 2. The SMILES string of the molecule is COc1ccc(C2SCC(=O)N2c2ccc(C(=O)c3ccccc3)cc2)cc1OC. The Morgan fingerprint density at radius 2 is 1.57 bits per heavy atom. The highest BCUT2D eigenvalue weighted by Crippen LogP contribution is 2.43. The summed E-state index contributed by atoms with van der Waals surface area (Å²) in [6, 6.07) is 22.0. The number of benzene rings is 3. The zero-order valence-electron chi connectivity index (χ0n) is 16.7. The van der Waals surface area contributed by atoms with E-state index < -0.39 is 0 Å². The predicted molar refractivity (Wildman–Crippen MR) is 119 cm³/mol. The first-order valence-corrected chi connectivity index (χ1v) is 10.5. The van der Waals surface area contributed by atoms with E-state index in [4.69, 9.17) is 9.47 Å². The van der Waals surface area contributed by atoms with Gasteiger partial charge in [-0.05, 0) is 42.0 Å². The highest BCUT2D eigenvalue weighted by molar-refractivity contribution is 8.00. The van der Waals surface area contributed by atoms with E-state index in [1.165, 1.54) is 0 Å². The Hall–Kier alpha value is -3.25. The molecule has 3 aromatic rings. The van der Waals surface area contributed by atoms with Crippen LogP contribution in [0.25, 0.3) is 0 Å². The third-order valence-electron chi connectivity index (χ3n) is 5.00. The van der Waals surface area contributed by atoms with Crippen LogP contribution in [0.4, 0.5) is 5.69 Å². The van der Waals surface area contributed by atoms with Gasteiger partial charge in [-0.25, -0.2) is 0 Å². The Morgan fingerprint density at radius 1 is 0.900 bits per heavy atom. The Balaban J connectivity index is 1.62. The van der Waals surface area contributed by atoms with E-state index in [-0.39, 0.29) is 17.1 Å². The summed E-state index contributed by atoms with van der Waals surface area (Å²) in [6.45, 7) is 0. The smallest absolute Gasteiger partial charge is 0.238 e. The summed E-state index contributed by atoms with van der Waals surface area (Å²) in [6.07, 6.45) is 0. The Bertz CT molecular complexity index is 1070. The molecule has 0 aliphatic carbocycles. The lowest BCUT2D eigenvalue weighted by Gasteiger charge is -2.25. The van der Waals surface area contributed by atoms with Gasteiger partial charge in [0.2, 0.25) is 5.91 Å². The molecule has 1 atom stereocenters. The lowest BCUT2D eigenvalue weighted by Crippen LogP contribution is -2.27. The molecular formula is C24H21NO4S. The first-order chi connectivity index (χ1) is 14.6. The fraction of sp³-hybridized carbons (Fsp3) is 0.167. The number of thioether (sulfide) groups is 1. The average Bonchev–Trinajstić information content (AvgIpc) is 3.20. The van der Waals surface area contributed by atoms with Crippen molar-refractivity contribution in [2.45, 2.75) is 5.37 Å². The van der Waals surface area contributed by atoms with Crippen molar-refractivity contribution in [3.63, 3.8) is 0 Å². The van der Waals surface area contributed by atoms with Crippen LogP contribution < -0.4 is 14.4 Å². The van der Waals surface area contributed by atoms with Crippen molar-refractivity contribution in [2.24, 2.45) is 0 Å². The largest absolute Gasteiger partial charge is 0.493 e. The number of hydrogen-bond acceptors (Lipinski definition) is 5. The highest BCUT2D eigenvalue weighted by atomic mass is 32.2. The minimum absolute atomic E-state index is 0.0296. The maximum atomic E-state index is 12.7. The summed E-state index contributed by atoms with van der Waals surface area (Å²) in [5.41, 5.74) is 2.94. The summed E-state index contributed by atoms with van der Waals surface area (Å²) in [5, 5.41) is -0.173. The zero-order valence-corrected chi connectivity index (χ0v) is 17.5. The van der Waals surface area contributed by atoms with Gasteiger partial charge in [0.05, 0.1) is 20.0 Å². The number of rotatable bonds is 6. The topological polar surface area (TPSA) is 55.8 Å². The second kappa shape index (κ2) is 8.63. The first-order valence-electron chi connectivity index (χ1n) is 9.48. The Labute approximate surface area is 179 Å². The molecule has 4 rings (SSSR count). The van der Waals surface area contributed by atoms with E-state index in [9.17, 15) is 9.59 Å². The van der Waals surface area contributed by atoms with Gasteiger partial charge in [0.15, 0.2) is 17.3 Å². The highest BCUT2D eigenvalue weighted by Gasteiger charge is 2.34. The van der Waals surface area contributed by atoms with Crippen LogP contribution in [0, 0.1) is 0 Å². The van der Waals surface area contributed by atoms with Gasteiger partial charge < -0.3 is 9.47 Å². The molecule has 1 fully saturated rings. The van der Waals surface area contributed by atoms with Gasteiger partial charge in [0, 0.05) is 16.8 Å². The fourth-order valence-electron chi connectivity index (χ4n) is 3.49. The van der Waals surface area contributed by atoms with Crippen molar-refractivity contribution in [3.05, 3.63) is 89.5 Å². The molecule has 6 heteroatoms. The standard InChI is InChI=1S/C24H21NO4S/c1-28-20-13-10-18(14-21(20)29-2)24-25(22(26)15-30-24)19-11-8-17(9-12-19)23(27)16-6-4-3-5-7-16/h3-14,24H,15H2,1-2H3. The molecule has 1 saturated heterocycles. The fourth-order valence-corrected chi connectivity index (χ4v) is 4.65. The molecule has 30 heavy (non-hydrogen) atoms. The van der Waals surface area contributed by atoms with Crippen molar-refractivity contribution in [2.75, 3.05) is 24.9 Å². The lowest BCUT2D eigenvalue weighted by atomic mass is 10.0. The van der Waals surface area contributed by atoms with Crippen LogP contribution >= 0.6 is 11.8 Å². The molecule has 0 spiro atoms. The number of ether oxygens (including phenoxy) is 2. The minimum Gasteiger partial charge on any atom is -0.493 e. The number of nitrogens with zero attached hydrogens (tertiary/aromatic N) is 1. The van der Waals surface area contributed by atoms with E-state index in [0.717, 1.165) is 11.3 Å². The number of methoxy groups -OCH3 is 2. The summed E-state index contributed by atoms with van der Waals surface area (Å²) >= 11 is 1.56. The van der Waals surface area contributed by atoms with Gasteiger partial charge in [-0.3, -0.25) is 14.5 Å². The average molecular weight is 420 g/mol. The number of hydrogen-bond donors (Lipinski definition) is 0. The van der Waals surface area contributed by atoms with E-state index in [1.54, 1.807) is 55.1 Å². The minimum atomic E-state index is -0.173. The molecule has 3 aromatic carbocycles. The van der Waals surface area contributed by atoms with Gasteiger partial charge >= 0.3 is 0 Å². The molecule has 5 nitrogen and oxygen atoms in total. The number of amides is 1. The van der Waals surface area contributed by atoms with Crippen molar-refractivity contribution < 1.29 is 19.1 Å². The van der Waals surface area contributed by atoms with E-state index in [0.29, 0.717) is 28.4 Å². The second-order valence-corrected chi connectivity index (χ2v) is 7.85. The van der Waals surface area contributed by atoms with Crippen molar-refractivity contribution in [1.82, 2.24) is 0 Å². The van der Waals surface area contributed by atoms with Crippen molar-refractivity contribution in [1.29, 1.82) is 0 Å².